The van der Waals surface area contributed by atoms with Crippen LogP contribution in [0.1, 0.15) is 19.3 Å². The highest BCUT2D eigenvalue weighted by molar-refractivity contribution is 7.95. The summed E-state index contributed by atoms with van der Waals surface area (Å²) in [6.45, 7) is 7.64. The Hall–Kier alpha value is -2.67. The Balaban J connectivity index is 3.48. The maximum absolute atomic E-state index is 13.0. The molecule has 0 heterocycles. The Morgan fingerprint density at radius 2 is 1.59 bits per heavy atom. The molecule has 29 heavy (non-hydrogen) atoms. The highest BCUT2D eigenvalue weighted by Gasteiger charge is 2.50. The van der Waals surface area contributed by atoms with Crippen molar-refractivity contribution in [3.8, 4) is 0 Å². The Labute approximate surface area is 171 Å². The molecule has 0 bridgehead atoms. The standard InChI is InChI=1S/C21H26O7S/c1-6-17(29(24,25)18-10-8-7-9-11-18)15-21(19(22)27-4,20(23)28-5)14-16(2)12-13-26-3/h7-11H,1-2,12-15H2,3-5H3. The third-order valence-corrected chi connectivity index (χ3v) is 6.23. The number of rotatable bonds is 11. The van der Waals surface area contributed by atoms with E-state index in [0.29, 0.717) is 18.6 Å². The SMILES string of the molecule is C=C=C(CC(CC(=C)CCOC)(C(=O)OC)C(=O)OC)S(=O)(=O)c1ccccc1. The number of carbonyl (C=O) groups is 2. The van der Waals surface area contributed by atoms with E-state index < -0.39 is 33.6 Å². The zero-order valence-corrected chi connectivity index (χ0v) is 17.7. The molecule has 0 fully saturated rings. The van der Waals surface area contributed by atoms with Gasteiger partial charge < -0.3 is 14.2 Å². The van der Waals surface area contributed by atoms with E-state index in [1.165, 1.54) is 19.2 Å². The van der Waals surface area contributed by atoms with E-state index in [1.54, 1.807) is 18.2 Å². The monoisotopic (exact) mass is 422 g/mol. The molecule has 0 amide bonds. The van der Waals surface area contributed by atoms with Gasteiger partial charge in [-0.1, -0.05) is 36.9 Å². The number of hydrogen-bond acceptors (Lipinski definition) is 7. The minimum Gasteiger partial charge on any atom is -0.468 e. The number of esters is 2. The minimum absolute atomic E-state index is 0.00649. The van der Waals surface area contributed by atoms with Crippen molar-refractivity contribution in [1.29, 1.82) is 0 Å². The van der Waals surface area contributed by atoms with Gasteiger partial charge >= 0.3 is 11.9 Å². The first kappa shape index (κ1) is 24.4. The Bertz CT molecular complexity index is 878. The third kappa shape index (κ3) is 5.67. The van der Waals surface area contributed by atoms with Crippen LogP contribution in [0, 0.1) is 5.41 Å². The number of benzene rings is 1. The minimum atomic E-state index is -4.05. The summed E-state index contributed by atoms with van der Waals surface area (Å²) >= 11 is 0. The second kappa shape index (κ2) is 10.8. The molecular formula is C21H26O7S. The quantitative estimate of drug-likeness (QED) is 0.234. The van der Waals surface area contributed by atoms with Crippen LogP contribution in [0.2, 0.25) is 0 Å². The predicted molar refractivity (Wildman–Crippen MR) is 108 cm³/mol. The molecule has 0 saturated carbocycles. The fraction of sp³-hybridized carbons (Fsp3) is 0.381. The molecular weight excluding hydrogens is 396 g/mol. The molecule has 0 unspecified atom stereocenters. The zero-order valence-electron chi connectivity index (χ0n) is 16.9. The van der Waals surface area contributed by atoms with Gasteiger partial charge in [-0.3, -0.25) is 9.59 Å². The summed E-state index contributed by atoms with van der Waals surface area (Å²) in [7, 11) is -0.317. The van der Waals surface area contributed by atoms with Gasteiger partial charge in [-0.05, 0) is 25.0 Å². The highest BCUT2D eigenvalue weighted by atomic mass is 32.2. The zero-order chi connectivity index (χ0) is 22.1. The van der Waals surface area contributed by atoms with Crippen molar-refractivity contribution < 1.29 is 32.2 Å². The lowest BCUT2D eigenvalue weighted by atomic mass is 9.78. The number of hydrogen-bond donors (Lipinski definition) is 0. The fourth-order valence-electron chi connectivity index (χ4n) is 2.86. The van der Waals surface area contributed by atoms with Crippen LogP contribution in [0.5, 0.6) is 0 Å². The van der Waals surface area contributed by atoms with Gasteiger partial charge in [0.2, 0.25) is 9.84 Å². The van der Waals surface area contributed by atoms with E-state index in [1.807, 2.05) is 0 Å². The van der Waals surface area contributed by atoms with Gasteiger partial charge in [-0.15, -0.1) is 5.73 Å². The summed E-state index contributed by atoms with van der Waals surface area (Å²) in [6, 6.07) is 7.61. The molecule has 0 aliphatic carbocycles. The number of allylic oxidation sites excluding steroid dienone is 1. The average Bonchev–Trinajstić information content (AvgIpc) is 2.74. The van der Waals surface area contributed by atoms with Gasteiger partial charge in [0, 0.05) is 20.1 Å². The van der Waals surface area contributed by atoms with Gasteiger partial charge in [0.15, 0.2) is 5.41 Å². The smallest absolute Gasteiger partial charge is 0.323 e. The molecule has 0 N–H and O–H groups in total. The van der Waals surface area contributed by atoms with Crippen LogP contribution < -0.4 is 0 Å². The summed E-state index contributed by atoms with van der Waals surface area (Å²) in [5, 5.41) is 0. The van der Waals surface area contributed by atoms with Crippen molar-refractivity contribution >= 4 is 21.8 Å². The van der Waals surface area contributed by atoms with E-state index in [2.05, 4.69) is 18.9 Å². The molecule has 0 spiro atoms. The second-order valence-electron chi connectivity index (χ2n) is 6.33. The van der Waals surface area contributed by atoms with E-state index in [0.717, 1.165) is 14.2 Å². The topological polar surface area (TPSA) is 96.0 Å². The van der Waals surface area contributed by atoms with Crippen LogP contribution in [0.4, 0.5) is 0 Å². The van der Waals surface area contributed by atoms with Crippen molar-refractivity contribution in [3.05, 3.63) is 59.7 Å². The molecule has 7 nitrogen and oxygen atoms in total. The van der Waals surface area contributed by atoms with Crippen LogP contribution in [-0.4, -0.2) is 48.3 Å². The number of carbonyl (C=O) groups excluding carboxylic acids is 2. The Morgan fingerprint density at radius 3 is 2.03 bits per heavy atom. The van der Waals surface area contributed by atoms with Gasteiger partial charge in [0.25, 0.3) is 0 Å². The van der Waals surface area contributed by atoms with Crippen molar-refractivity contribution in [2.45, 2.75) is 24.2 Å². The van der Waals surface area contributed by atoms with Crippen LogP contribution >= 0.6 is 0 Å². The van der Waals surface area contributed by atoms with Gasteiger partial charge in [0.1, 0.15) is 0 Å². The molecule has 1 aromatic rings. The van der Waals surface area contributed by atoms with Crippen molar-refractivity contribution in [2.75, 3.05) is 27.9 Å². The summed E-state index contributed by atoms with van der Waals surface area (Å²) in [6.07, 6.45) is -0.338. The van der Waals surface area contributed by atoms with E-state index >= 15 is 0 Å². The first-order valence-electron chi connectivity index (χ1n) is 8.71. The fourth-order valence-corrected chi connectivity index (χ4v) is 4.28. The molecule has 0 aromatic heterocycles. The highest BCUT2D eigenvalue weighted by Crippen LogP contribution is 2.39. The van der Waals surface area contributed by atoms with E-state index in [9.17, 15) is 18.0 Å². The van der Waals surface area contributed by atoms with Gasteiger partial charge in [0.05, 0.1) is 24.0 Å². The average molecular weight is 422 g/mol. The maximum Gasteiger partial charge on any atom is 0.323 e. The van der Waals surface area contributed by atoms with Crippen molar-refractivity contribution in [3.63, 3.8) is 0 Å². The van der Waals surface area contributed by atoms with Crippen LogP contribution in [0.15, 0.2) is 64.6 Å². The normalized spacial score (nSPS) is 11.3. The lowest BCUT2D eigenvalue weighted by molar-refractivity contribution is -0.169. The molecule has 0 saturated heterocycles. The van der Waals surface area contributed by atoms with Crippen molar-refractivity contribution in [2.24, 2.45) is 5.41 Å². The Kier molecular flexibility index (Phi) is 9.04. The summed E-state index contributed by atoms with van der Waals surface area (Å²) in [5.74, 6) is -1.86. The Morgan fingerprint density at radius 1 is 1.03 bits per heavy atom. The number of methoxy groups -OCH3 is 3. The molecule has 0 radical (unpaired) electrons. The molecule has 1 rings (SSSR count). The molecule has 8 heteroatoms. The number of ether oxygens (including phenoxy) is 3. The molecule has 0 aliphatic rings. The lowest BCUT2D eigenvalue weighted by Crippen LogP contribution is -2.42. The first-order chi connectivity index (χ1) is 13.7. The van der Waals surface area contributed by atoms with E-state index in [-0.39, 0.29) is 16.2 Å². The summed E-state index contributed by atoms with van der Waals surface area (Å²) < 4.78 is 40.7. The van der Waals surface area contributed by atoms with E-state index in [4.69, 9.17) is 14.2 Å². The molecule has 1 aromatic carbocycles. The largest absolute Gasteiger partial charge is 0.468 e. The van der Waals surface area contributed by atoms with Crippen molar-refractivity contribution in [1.82, 2.24) is 0 Å². The molecule has 158 valence electrons. The maximum atomic E-state index is 13.0. The van der Waals surface area contributed by atoms with Crippen LogP contribution in [0.3, 0.4) is 0 Å². The molecule has 0 atom stereocenters. The number of sulfone groups is 1. The third-order valence-electron chi connectivity index (χ3n) is 4.40. The first-order valence-corrected chi connectivity index (χ1v) is 10.2. The summed E-state index contributed by atoms with van der Waals surface area (Å²) in [4.78, 5) is 25.1. The molecule has 0 aliphatic heterocycles. The van der Waals surface area contributed by atoms with Crippen LogP contribution in [-0.2, 0) is 33.6 Å². The lowest BCUT2D eigenvalue weighted by Gasteiger charge is -2.29. The van der Waals surface area contributed by atoms with Gasteiger partial charge in [-0.25, -0.2) is 8.42 Å². The van der Waals surface area contributed by atoms with Crippen LogP contribution in [0.25, 0.3) is 0 Å². The second-order valence-corrected chi connectivity index (χ2v) is 8.30. The predicted octanol–water partition coefficient (Wildman–Crippen LogP) is 2.83. The van der Waals surface area contributed by atoms with Gasteiger partial charge in [-0.2, -0.15) is 0 Å². The summed E-state index contributed by atoms with van der Waals surface area (Å²) in [5.41, 5.74) is 0.934.